The van der Waals surface area contributed by atoms with E-state index in [9.17, 15) is 0 Å². The largest absolute Gasteiger partial charge is 0.372 e. The van der Waals surface area contributed by atoms with Gasteiger partial charge in [0, 0.05) is 0 Å². The van der Waals surface area contributed by atoms with Crippen LogP contribution in [0.15, 0.2) is 5.10 Å². The van der Waals surface area contributed by atoms with Crippen LogP contribution in [0, 0.1) is 22.7 Å². The van der Waals surface area contributed by atoms with Crippen molar-refractivity contribution >= 4 is 5.71 Å². The minimum atomic E-state index is -1.50. The summed E-state index contributed by atoms with van der Waals surface area (Å²) < 4.78 is 0. The fraction of sp³-hybridized carbons (Fsp3) is 0.250. The van der Waals surface area contributed by atoms with Crippen molar-refractivity contribution < 1.29 is 5.11 Å². The number of hydrogen-bond donors (Lipinski definition) is 2. The molecule has 1 unspecified atom stereocenters. The summed E-state index contributed by atoms with van der Waals surface area (Å²) in [5, 5.41) is 27.4. The number of hydrogen-bond acceptors (Lipinski definition) is 5. The minimum absolute atomic E-state index is 0.377. The number of nitrogens with two attached hydrogens (primary N) is 1. The highest BCUT2D eigenvalue weighted by molar-refractivity contribution is 6.03. The van der Waals surface area contributed by atoms with Crippen LogP contribution in [0.1, 0.15) is 0 Å². The Kier molecular flexibility index (Phi) is 2.81. The highest BCUT2D eigenvalue weighted by Crippen LogP contribution is 1.82. The summed E-state index contributed by atoms with van der Waals surface area (Å²) in [5.41, 5.74) is -0.377. The van der Waals surface area contributed by atoms with Crippen LogP contribution >= 0.6 is 0 Å². The molecular formula is C4H4N4O. The van der Waals surface area contributed by atoms with Crippen LogP contribution in [0.2, 0.25) is 0 Å². The molecule has 0 bridgehead atoms. The third-order valence-electron chi connectivity index (χ3n) is 0.635. The third-order valence-corrected chi connectivity index (χ3v) is 0.635. The van der Waals surface area contributed by atoms with Gasteiger partial charge in [0.25, 0.3) is 0 Å². The van der Waals surface area contributed by atoms with Crippen molar-refractivity contribution in [3.63, 3.8) is 0 Å². The fourth-order valence-corrected chi connectivity index (χ4v) is 0.222. The Morgan fingerprint density at radius 3 is 2.33 bits per heavy atom. The molecule has 0 amide bonds. The molecule has 9 heavy (non-hydrogen) atoms. The van der Waals surface area contributed by atoms with Crippen LogP contribution in [-0.4, -0.2) is 16.9 Å². The lowest BCUT2D eigenvalue weighted by atomic mass is 10.3. The summed E-state index contributed by atoms with van der Waals surface area (Å²) in [6.07, 6.45) is -1.50. The SMILES string of the molecule is N#CC(=NN)C(O)C#N. The van der Waals surface area contributed by atoms with Gasteiger partial charge in [0.1, 0.15) is 12.1 Å². The van der Waals surface area contributed by atoms with Crippen molar-refractivity contribution in [1.82, 2.24) is 0 Å². The van der Waals surface area contributed by atoms with Gasteiger partial charge >= 0.3 is 0 Å². The smallest absolute Gasteiger partial charge is 0.195 e. The van der Waals surface area contributed by atoms with Crippen LogP contribution in [0.25, 0.3) is 0 Å². The van der Waals surface area contributed by atoms with Gasteiger partial charge in [0.05, 0.1) is 0 Å². The standard InChI is InChI=1S/C4H4N4O/c5-1-3(8-7)4(9)2-6/h4,9H,7H2. The first-order valence-electron chi connectivity index (χ1n) is 2.01. The molecule has 1 atom stereocenters. The summed E-state index contributed by atoms with van der Waals surface area (Å²) in [5.74, 6) is 4.61. The molecule has 0 radical (unpaired) electrons. The molecule has 5 heteroatoms. The molecule has 0 aliphatic heterocycles. The first kappa shape index (κ1) is 7.41. The first-order valence-corrected chi connectivity index (χ1v) is 2.01. The summed E-state index contributed by atoms with van der Waals surface area (Å²) in [7, 11) is 0. The Morgan fingerprint density at radius 2 is 2.22 bits per heavy atom. The van der Waals surface area contributed by atoms with Gasteiger partial charge in [-0.05, 0) is 0 Å². The maximum absolute atomic E-state index is 8.52. The molecule has 3 N–H and O–H groups in total. The lowest BCUT2D eigenvalue weighted by Gasteiger charge is -1.91. The summed E-state index contributed by atoms with van der Waals surface area (Å²) in [4.78, 5) is 0. The molecule has 0 aromatic heterocycles. The molecule has 0 fully saturated rings. The van der Waals surface area contributed by atoms with Gasteiger partial charge in [-0.1, -0.05) is 0 Å². The van der Waals surface area contributed by atoms with Gasteiger partial charge in [-0.15, -0.1) is 0 Å². The minimum Gasteiger partial charge on any atom is -0.372 e. The molecule has 0 saturated carbocycles. The zero-order chi connectivity index (χ0) is 7.28. The maximum Gasteiger partial charge on any atom is 0.195 e. The lowest BCUT2D eigenvalue weighted by Crippen LogP contribution is -2.17. The van der Waals surface area contributed by atoms with Crippen molar-refractivity contribution in [3.8, 4) is 12.1 Å². The van der Waals surface area contributed by atoms with Gasteiger partial charge in [-0.3, -0.25) is 0 Å². The Labute approximate surface area is 51.6 Å². The van der Waals surface area contributed by atoms with Crippen LogP contribution in [0.4, 0.5) is 0 Å². The molecule has 0 rings (SSSR count). The molecule has 0 heterocycles. The molecular weight excluding hydrogens is 120 g/mol. The Balaban J connectivity index is 4.23. The number of aliphatic hydroxyl groups is 1. The third kappa shape index (κ3) is 1.76. The maximum atomic E-state index is 8.52. The molecule has 0 aromatic carbocycles. The van der Waals surface area contributed by atoms with Crippen LogP contribution in [0.5, 0.6) is 0 Å². The van der Waals surface area contributed by atoms with Gasteiger partial charge in [-0.2, -0.15) is 15.6 Å². The number of hydrazone groups is 1. The second-order valence-corrected chi connectivity index (χ2v) is 1.16. The van der Waals surface area contributed by atoms with Gasteiger partial charge < -0.3 is 10.9 Å². The van der Waals surface area contributed by atoms with E-state index < -0.39 is 6.10 Å². The van der Waals surface area contributed by atoms with E-state index in [0.29, 0.717) is 0 Å². The molecule has 0 aromatic rings. The van der Waals surface area contributed by atoms with Crippen molar-refractivity contribution in [2.75, 3.05) is 0 Å². The molecule has 0 saturated heterocycles. The van der Waals surface area contributed by atoms with Crippen molar-refractivity contribution in [2.45, 2.75) is 6.10 Å². The van der Waals surface area contributed by atoms with Crippen LogP contribution in [0.3, 0.4) is 0 Å². The predicted molar refractivity (Wildman–Crippen MR) is 28.9 cm³/mol. The topological polar surface area (TPSA) is 106 Å². The quantitative estimate of drug-likeness (QED) is 0.196. The summed E-state index contributed by atoms with van der Waals surface area (Å²) in [6.45, 7) is 0. The fourth-order valence-electron chi connectivity index (χ4n) is 0.222. The van der Waals surface area contributed by atoms with Crippen molar-refractivity contribution in [1.29, 1.82) is 10.5 Å². The van der Waals surface area contributed by atoms with E-state index in [1.165, 1.54) is 12.1 Å². The highest BCUT2D eigenvalue weighted by atomic mass is 16.3. The zero-order valence-corrected chi connectivity index (χ0v) is 4.44. The molecule has 0 aliphatic carbocycles. The lowest BCUT2D eigenvalue weighted by molar-refractivity contribution is 0.296. The Hall–Kier alpha value is -1.59. The second kappa shape index (κ2) is 3.42. The molecule has 0 spiro atoms. The van der Waals surface area contributed by atoms with Crippen LogP contribution < -0.4 is 5.84 Å². The molecule has 46 valence electrons. The van der Waals surface area contributed by atoms with E-state index in [-0.39, 0.29) is 5.71 Å². The normalized spacial score (nSPS) is 13.4. The van der Waals surface area contributed by atoms with E-state index in [1.807, 2.05) is 0 Å². The van der Waals surface area contributed by atoms with E-state index in [0.717, 1.165) is 0 Å². The number of aliphatic hydroxyl groups excluding tert-OH is 1. The second-order valence-electron chi connectivity index (χ2n) is 1.16. The monoisotopic (exact) mass is 124 g/mol. The predicted octanol–water partition coefficient (Wildman–Crippen LogP) is -1.29. The number of nitrogens with zero attached hydrogens (tertiary/aromatic N) is 3. The molecule has 0 aliphatic rings. The Bertz CT molecular complexity index is 196. The average Bonchev–Trinajstić information content (AvgIpc) is 1.90. The van der Waals surface area contributed by atoms with Gasteiger partial charge in [0.2, 0.25) is 0 Å². The van der Waals surface area contributed by atoms with Crippen LogP contribution in [-0.2, 0) is 0 Å². The zero-order valence-electron chi connectivity index (χ0n) is 4.44. The summed E-state index contributed by atoms with van der Waals surface area (Å²) in [6, 6.07) is 2.84. The first-order chi connectivity index (χ1) is 4.26. The highest BCUT2D eigenvalue weighted by Gasteiger charge is 2.08. The van der Waals surface area contributed by atoms with Gasteiger partial charge in [0.15, 0.2) is 11.8 Å². The van der Waals surface area contributed by atoms with Gasteiger partial charge in [-0.25, -0.2) is 0 Å². The Morgan fingerprint density at radius 1 is 1.67 bits per heavy atom. The average molecular weight is 124 g/mol. The number of rotatable bonds is 1. The van der Waals surface area contributed by atoms with Crippen molar-refractivity contribution in [3.05, 3.63) is 0 Å². The van der Waals surface area contributed by atoms with Crippen molar-refractivity contribution in [2.24, 2.45) is 10.9 Å². The van der Waals surface area contributed by atoms with E-state index >= 15 is 0 Å². The van der Waals surface area contributed by atoms with E-state index in [1.54, 1.807) is 0 Å². The summed E-state index contributed by atoms with van der Waals surface area (Å²) >= 11 is 0. The van der Waals surface area contributed by atoms with E-state index in [2.05, 4.69) is 10.9 Å². The number of nitriles is 2. The molecule has 5 nitrogen and oxygen atoms in total. The van der Waals surface area contributed by atoms with E-state index in [4.69, 9.17) is 15.6 Å².